The normalized spacial score (nSPS) is 17.2. The van der Waals surface area contributed by atoms with Crippen molar-refractivity contribution in [1.82, 2.24) is 29.5 Å². The van der Waals surface area contributed by atoms with Crippen LogP contribution >= 0.6 is 0 Å². The van der Waals surface area contributed by atoms with E-state index in [0.717, 1.165) is 67.6 Å². The lowest BCUT2D eigenvalue weighted by atomic mass is 10.2. The fraction of sp³-hybridized carbons (Fsp3) is 0.500. The highest BCUT2D eigenvalue weighted by Crippen LogP contribution is 2.30. The number of rotatable bonds is 2. The highest BCUT2D eigenvalue weighted by molar-refractivity contribution is 5.83. The second-order valence-electron chi connectivity index (χ2n) is 7.07. The molecule has 1 saturated heterocycles. The van der Waals surface area contributed by atoms with Crippen LogP contribution in [0.5, 0.6) is 0 Å². The van der Waals surface area contributed by atoms with Gasteiger partial charge in [0.05, 0.1) is 6.33 Å². The van der Waals surface area contributed by atoms with E-state index in [2.05, 4.69) is 29.7 Å². The van der Waals surface area contributed by atoms with E-state index >= 15 is 0 Å². The van der Waals surface area contributed by atoms with Crippen molar-refractivity contribution < 1.29 is 0 Å². The second-order valence-corrected chi connectivity index (χ2v) is 7.07. The van der Waals surface area contributed by atoms with Gasteiger partial charge in [0.1, 0.15) is 18.0 Å². The summed E-state index contributed by atoms with van der Waals surface area (Å²) in [6.45, 7) is 5.67. The molecule has 134 valence electrons. The Morgan fingerprint density at radius 3 is 2.46 bits per heavy atom. The molecule has 0 radical (unpaired) electrons. The van der Waals surface area contributed by atoms with Gasteiger partial charge in [-0.05, 0) is 26.2 Å². The summed E-state index contributed by atoms with van der Waals surface area (Å²) >= 11 is 0. The lowest BCUT2D eigenvalue weighted by Crippen LogP contribution is -2.47. The van der Waals surface area contributed by atoms with E-state index in [-0.39, 0.29) is 0 Å². The van der Waals surface area contributed by atoms with Crippen molar-refractivity contribution in [2.75, 3.05) is 36.0 Å². The molecule has 1 aliphatic heterocycles. The molecule has 8 nitrogen and oxygen atoms in total. The van der Waals surface area contributed by atoms with Gasteiger partial charge >= 0.3 is 0 Å². The zero-order chi connectivity index (χ0) is 17.7. The molecule has 4 heterocycles. The van der Waals surface area contributed by atoms with Crippen molar-refractivity contribution in [3.63, 3.8) is 0 Å². The quantitative estimate of drug-likeness (QED) is 0.689. The van der Waals surface area contributed by atoms with Gasteiger partial charge in [0, 0.05) is 44.5 Å². The summed E-state index contributed by atoms with van der Waals surface area (Å²) in [7, 11) is 1.96. The molecule has 0 aromatic carbocycles. The van der Waals surface area contributed by atoms with E-state index in [1.165, 1.54) is 17.7 Å². The van der Waals surface area contributed by atoms with E-state index in [9.17, 15) is 0 Å². The van der Waals surface area contributed by atoms with Crippen molar-refractivity contribution >= 4 is 22.8 Å². The van der Waals surface area contributed by atoms with Crippen molar-refractivity contribution in [2.24, 2.45) is 7.05 Å². The zero-order valence-electron chi connectivity index (χ0n) is 15.2. The van der Waals surface area contributed by atoms with Crippen molar-refractivity contribution in [3.8, 4) is 0 Å². The number of hydrogen-bond acceptors (Lipinski definition) is 7. The summed E-state index contributed by atoms with van der Waals surface area (Å²) in [5.41, 5.74) is 4.36. The third-order valence-corrected chi connectivity index (χ3v) is 5.38. The number of aryl methyl sites for hydroxylation is 3. The Morgan fingerprint density at radius 1 is 0.885 bits per heavy atom. The van der Waals surface area contributed by atoms with E-state index < -0.39 is 0 Å². The zero-order valence-corrected chi connectivity index (χ0v) is 15.2. The number of imidazole rings is 1. The first-order chi connectivity index (χ1) is 12.7. The van der Waals surface area contributed by atoms with Gasteiger partial charge in [0.15, 0.2) is 17.0 Å². The van der Waals surface area contributed by atoms with Gasteiger partial charge in [-0.15, -0.1) is 0 Å². The maximum atomic E-state index is 4.77. The van der Waals surface area contributed by atoms with Crippen LogP contribution in [0.3, 0.4) is 0 Å². The van der Waals surface area contributed by atoms with Crippen molar-refractivity contribution in [2.45, 2.75) is 26.2 Å². The number of hydrogen-bond donors (Lipinski definition) is 0. The predicted molar refractivity (Wildman–Crippen MR) is 99.5 cm³/mol. The molecular formula is C18H22N8. The lowest BCUT2D eigenvalue weighted by Gasteiger charge is -2.36. The maximum absolute atomic E-state index is 4.77. The SMILES string of the molecule is Cc1nc2c(c(N3CCN(c4ncnc5c4ncn5C)CC3)n1)CCC2. The first-order valence-corrected chi connectivity index (χ1v) is 9.19. The number of piperazine rings is 1. The summed E-state index contributed by atoms with van der Waals surface area (Å²) in [4.78, 5) is 27.5. The Balaban J connectivity index is 1.40. The van der Waals surface area contributed by atoms with Crippen LogP contribution in [0, 0.1) is 6.92 Å². The third kappa shape index (κ3) is 2.40. The van der Waals surface area contributed by atoms with Gasteiger partial charge in [0.25, 0.3) is 0 Å². The number of fused-ring (bicyclic) bond motifs is 2. The molecule has 0 amide bonds. The van der Waals surface area contributed by atoms with Crippen LogP contribution in [-0.2, 0) is 19.9 Å². The van der Waals surface area contributed by atoms with Crippen LogP contribution in [0.2, 0.25) is 0 Å². The molecule has 1 aliphatic carbocycles. The van der Waals surface area contributed by atoms with Crippen LogP contribution < -0.4 is 9.80 Å². The predicted octanol–water partition coefficient (Wildman–Crippen LogP) is 1.28. The fourth-order valence-corrected chi connectivity index (χ4v) is 4.09. The molecular weight excluding hydrogens is 328 g/mol. The van der Waals surface area contributed by atoms with Crippen LogP contribution in [0.25, 0.3) is 11.2 Å². The lowest BCUT2D eigenvalue weighted by molar-refractivity contribution is 0.638. The molecule has 3 aromatic rings. The Kier molecular flexibility index (Phi) is 3.51. The van der Waals surface area contributed by atoms with Gasteiger partial charge < -0.3 is 14.4 Å². The molecule has 0 atom stereocenters. The Bertz CT molecular complexity index is 971. The Morgan fingerprint density at radius 2 is 1.65 bits per heavy atom. The second kappa shape index (κ2) is 5.89. The molecule has 0 unspecified atom stereocenters. The largest absolute Gasteiger partial charge is 0.353 e. The average molecular weight is 350 g/mol. The fourth-order valence-electron chi connectivity index (χ4n) is 4.09. The number of anilines is 2. The van der Waals surface area contributed by atoms with Gasteiger partial charge in [0.2, 0.25) is 0 Å². The number of nitrogens with zero attached hydrogens (tertiary/aromatic N) is 8. The molecule has 0 saturated carbocycles. The smallest absolute Gasteiger partial charge is 0.165 e. The van der Waals surface area contributed by atoms with Gasteiger partial charge in [-0.1, -0.05) is 0 Å². The van der Waals surface area contributed by atoms with Crippen molar-refractivity contribution in [1.29, 1.82) is 0 Å². The first-order valence-electron chi connectivity index (χ1n) is 9.19. The third-order valence-electron chi connectivity index (χ3n) is 5.38. The van der Waals surface area contributed by atoms with Crippen LogP contribution in [0.4, 0.5) is 11.6 Å². The van der Waals surface area contributed by atoms with Crippen LogP contribution in [-0.4, -0.2) is 55.7 Å². The molecule has 8 heteroatoms. The Hall–Kier alpha value is -2.77. The summed E-state index contributed by atoms with van der Waals surface area (Å²) in [6, 6.07) is 0. The van der Waals surface area contributed by atoms with Crippen LogP contribution in [0.1, 0.15) is 23.5 Å². The monoisotopic (exact) mass is 350 g/mol. The number of aromatic nitrogens is 6. The Labute approximate surface area is 151 Å². The molecule has 26 heavy (non-hydrogen) atoms. The van der Waals surface area contributed by atoms with Gasteiger partial charge in [-0.3, -0.25) is 0 Å². The average Bonchev–Trinajstić information content (AvgIpc) is 3.28. The highest BCUT2D eigenvalue weighted by Gasteiger charge is 2.26. The summed E-state index contributed by atoms with van der Waals surface area (Å²) in [6.07, 6.45) is 6.81. The van der Waals surface area contributed by atoms with E-state index in [1.807, 2.05) is 18.5 Å². The van der Waals surface area contributed by atoms with Gasteiger partial charge in [-0.2, -0.15) is 0 Å². The van der Waals surface area contributed by atoms with E-state index in [1.54, 1.807) is 12.7 Å². The summed E-state index contributed by atoms with van der Waals surface area (Å²) in [5, 5.41) is 0. The molecule has 0 bridgehead atoms. The summed E-state index contributed by atoms with van der Waals surface area (Å²) in [5.74, 6) is 2.96. The minimum atomic E-state index is 0.877. The topological polar surface area (TPSA) is 75.9 Å². The standard InChI is InChI=1S/C18H22N8/c1-12-22-14-5-3-4-13(14)16(23-12)25-6-8-26(9-7-25)18-15-17(19-10-20-18)24(2)11-21-15/h10-11H,3-9H2,1-2H3. The molecule has 5 rings (SSSR count). The molecule has 3 aromatic heterocycles. The minimum absolute atomic E-state index is 0.877. The van der Waals surface area contributed by atoms with Gasteiger partial charge in [-0.25, -0.2) is 24.9 Å². The molecule has 1 fully saturated rings. The first kappa shape index (κ1) is 15.5. The summed E-state index contributed by atoms with van der Waals surface area (Å²) < 4.78 is 1.93. The van der Waals surface area contributed by atoms with Crippen LogP contribution in [0.15, 0.2) is 12.7 Å². The highest BCUT2D eigenvalue weighted by atomic mass is 15.3. The van der Waals surface area contributed by atoms with E-state index in [0.29, 0.717) is 0 Å². The minimum Gasteiger partial charge on any atom is -0.353 e. The molecule has 0 N–H and O–H groups in total. The molecule has 2 aliphatic rings. The van der Waals surface area contributed by atoms with E-state index in [4.69, 9.17) is 4.98 Å². The maximum Gasteiger partial charge on any atom is 0.165 e. The molecule has 0 spiro atoms. The van der Waals surface area contributed by atoms with Crippen molar-refractivity contribution in [3.05, 3.63) is 29.7 Å².